The molecule has 11 rings (SSSR count). The summed E-state index contributed by atoms with van der Waals surface area (Å²) in [7, 11) is 0. The van der Waals surface area contributed by atoms with Crippen molar-refractivity contribution in [2.45, 2.75) is 13.5 Å². The zero-order valence-electron chi connectivity index (χ0n) is 29.5. The SMILES string of the molecule is C=C([I-]/[N+](Cc1cccc2c1sc1ccccc12)=C(\C)c1ccc2sc3ccccc3c2c1)N1c2c(ccc3ccccc23)-c2cccc3cccc1c23. The van der Waals surface area contributed by atoms with E-state index in [4.69, 9.17) is 6.58 Å². The van der Waals surface area contributed by atoms with Gasteiger partial charge in [-0.2, -0.15) is 0 Å². The Morgan fingerprint density at radius 2 is 1.26 bits per heavy atom. The van der Waals surface area contributed by atoms with E-state index in [2.05, 4.69) is 172 Å². The summed E-state index contributed by atoms with van der Waals surface area (Å²) in [5.74, 6) is 0. The maximum atomic E-state index is 5.01. The molecule has 0 radical (unpaired) electrons. The third-order valence-electron chi connectivity index (χ3n) is 10.9. The molecule has 0 aliphatic carbocycles. The normalized spacial score (nSPS) is 13.1. The first-order chi connectivity index (χ1) is 26.6. The molecule has 2 aromatic heterocycles. The Morgan fingerprint density at radius 3 is 2.11 bits per heavy atom. The van der Waals surface area contributed by atoms with Gasteiger partial charge in [-0.15, -0.1) is 0 Å². The molecule has 54 heavy (non-hydrogen) atoms. The Kier molecular flexibility index (Phi) is 7.51. The monoisotopic (exact) mass is 840 g/mol. The van der Waals surface area contributed by atoms with Crippen LogP contribution in [0.4, 0.5) is 11.4 Å². The van der Waals surface area contributed by atoms with Gasteiger partial charge in [0.1, 0.15) is 0 Å². The first-order valence-electron chi connectivity index (χ1n) is 18.2. The molecule has 258 valence electrons. The number of hydrogen-bond acceptors (Lipinski definition) is 3. The quantitative estimate of drug-likeness (QED) is 0.0700. The molecule has 2 nitrogen and oxygen atoms in total. The van der Waals surface area contributed by atoms with Crippen molar-refractivity contribution in [3.8, 4) is 11.1 Å². The zero-order chi connectivity index (χ0) is 35.9. The second-order valence-corrected chi connectivity index (χ2v) is 19.0. The van der Waals surface area contributed by atoms with Gasteiger partial charge in [-0.3, -0.25) is 0 Å². The van der Waals surface area contributed by atoms with E-state index in [9.17, 15) is 0 Å². The first-order valence-corrected chi connectivity index (χ1v) is 21.9. The average Bonchev–Trinajstić information content (AvgIpc) is 3.79. The molecular formula is C49H33IN2S2. The summed E-state index contributed by atoms with van der Waals surface area (Å²) in [5.41, 5.74) is 8.91. The van der Waals surface area contributed by atoms with Crippen LogP contribution in [0, 0.1) is 0 Å². The van der Waals surface area contributed by atoms with E-state index in [1.807, 2.05) is 22.7 Å². The number of fused-ring (bicyclic) bond motifs is 10. The van der Waals surface area contributed by atoms with Crippen LogP contribution in [0.5, 0.6) is 0 Å². The summed E-state index contributed by atoms with van der Waals surface area (Å²) in [6, 6.07) is 58.4. The third-order valence-corrected chi connectivity index (χ3v) is 16.0. The van der Waals surface area contributed by atoms with Gasteiger partial charge >= 0.3 is 335 Å². The average molecular weight is 841 g/mol. The summed E-state index contributed by atoms with van der Waals surface area (Å²) in [5, 5.41) is 10.4. The number of halogens is 1. The van der Waals surface area contributed by atoms with Crippen LogP contribution in [0.3, 0.4) is 0 Å². The predicted octanol–water partition coefficient (Wildman–Crippen LogP) is 11.0. The molecule has 10 aromatic rings. The first kappa shape index (κ1) is 32.1. The summed E-state index contributed by atoms with van der Waals surface area (Å²) in [6.07, 6.45) is 0. The van der Waals surface area contributed by atoms with Crippen molar-refractivity contribution in [2.24, 2.45) is 0 Å². The van der Waals surface area contributed by atoms with Crippen LogP contribution in [-0.2, 0) is 6.54 Å². The van der Waals surface area contributed by atoms with E-state index >= 15 is 0 Å². The van der Waals surface area contributed by atoms with Crippen molar-refractivity contribution in [1.29, 1.82) is 0 Å². The van der Waals surface area contributed by atoms with Gasteiger partial charge in [0.2, 0.25) is 0 Å². The third kappa shape index (κ3) is 4.99. The molecule has 5 heteroatoms. The van der Waals surface area contributed by atoms with Crippen LogP contribution in [0.25, 0.3) is 73.0 Å². The van der Waals surface area contributed by atoms with E-state index < -0.39 is 21.5 Å². The number of hydrogen-bond donors (Lipinski definition) is 0. The van der Waals surface area contributed by atoms with Gasteiger partial charge in [-0.1, -0.05) is 0 Å². The van der Waals surface area contributed by atoms with Gasteiger partial charge in [0.05, 0.1) is 0 Å². The molecular weight excluding hydrogens is 808 g/mol. The molecule has 0 N–H and O–H groups in total. The van der Waals surface area contributed by atoms with E-state index in [0.29, 0.717) is 0 Å². The van der Waals surface area contributed by atoms with Gasteiger partial charge < -0.3 is 0 Å². The molecule has 1 aliphatic heterocycles. The van der Waals surface area contributed by atoms with Crippen molar-refractivity contribution in [3.05, 3.63) is 179 Å². The Bertz CT molecular complexity index is 3220. The fourth-order valence-electron chi connectivity index (χ4n) is 8.36. The molecule has 0 atom stereocenters. The topological polar surface area (TPSA) is 6.25 Å². The van der Waals surface area contributed by atoms with Crippen molar-refractivity contribution in [2.75, 3.05) is 4.90 Å². The van der Waals surface area contributed by atoms with Crippen molar-refractivity contribution < 1.29 is 24.3 Å². The number of anilines is 2. The minimum atomic E-state index is -0.792. The second-order valence-electron chi connectivity index (χ2n) is 14.0. The molecule has 1 aliphatic rings. The van der Waals surface area contributed by atoms with Crippen LogP contribution in [0.15, 0.2) is 168 Å². The fourth-order valence-corrected chi connectivity index (χ4v) is 13.2. The number of benzene rings is 8. The molecule has 3 heterocycles. The van der Waals surface area contributed by atoms with E-state index in [-0.39, 0.29) is 0 Å². The molecule has 0 spiro atoms. The second kappa shape index (κ2) is 12.6. The summed E-state index contributed by atoms with van der Waals surface area (Å²) in [6.45, 7) is 8.14. The molecule has 8 aromatic carbocycles. The van der Waals surface area contributed by atoms with Crippen molar-refractivity contribution in [3.63, 3.8) is 0 Å². The molecule has 0 saturated heterocycles. The van der Waals surface area contributed by atoms with Crippen LogP contribution in [0.1, 0.15) is 18.1 Å². The Labute approximate surface area is 332 Å². The van der Waals surface area contributed by atoms with Gasteiger partial charge in [-0.25, -0.2) is 0 Å². The zero-order valence-corrected chi connectivity index (χ0v) is 33.3. The van der Waals surface area contributed by atoms with Gasteiger partial charge in [0.25, 0.3) is 0 Å². The van der Waals surface area contributed by atoms with E-state index in [0.717, 1.165) is 10.2 Å². The predicted molar refractivity (Wildman–Crippen MR) is 231 cm³/mol. The maximum absolute atomic E-state index is 5.01. The molecule has 0 bridgehead atoms. The minimum absolute atomic E-state index is 0.792. The van der Waals surface area contributed by atoms with Crippen molar-refractivity contribution >= 4 is 102 Å². The van der Waals surface area contributed by atoms with Gasteiger partial charge in [0.15, 0.2) is 0 Å². The van der Waals surface area contributed by atoms with Crippen molar-refractivity contribution in [1.82, 2.24) is 0 Å². The fraction of sp³-hybridized carbons (Fsp3) is 0.0408. The Morgan fingerprint density at radius 1 is 0.593 bits per heavy atom. The van der Waals surface area contributed by atoms with E-state index in [1.165, 1.54) is 101 Å². The summed E-state index contributed by atoms with van der Waals surface area (Å²) < 4.78 is 9.20. The summed E-state index contributed by atoms with van der Waals surface area (Å²) >= 11 is 3.00. The van der Waals surface area contributed by atoms with E-state index in [1.54, 1.807) is 0 Å². The Hall–Kier alpha value is -5.34. The van der Waals surface area contributed by atoms with Crippen LogP contribution in [-0.4, -0.2) is 8.50 Å². The molecule has 0 saturated carbocycles. The van der Waals surface area contributed by atoms with Crippen LogP contribution < -0.4 is 26.4 Å². The molecule has 0 fully saturated rings. The number of thiophene rings is 2. The molecule has 0 unspecified atom stereocenters. The standard InChI is InChI=1S/C49H33IN2S2/c1-30(34-25-27-46-42(28-34)38-18-6-7-22-44(38)53-46)51(29-35-15-10-20-41-37-17-5-8-23-45(37)54-49(35)41)50-31(2)52-43-21-11-14-33-13-9-19-39(47(33)43)40-26-24-32-12-3-4-16-36(32)48(40)52/h3-28H,2,29H2,1H3/b51-30+. The number of nitrogens with zero attached hydrogens (tertiary/aromatic N) is 2. The van der Waals surface area contributed by atoms with Crippen LogP contribution >= 0.6 is 22.7 Å². The van der Waals surface area contributed by atoms with Crippen LogP contribution in [0.2, 0.25) is 0 Å². The van der Waals surface area contributed by atoms with Gasteiger partial charge in [-0.05, 0) is 0 Å². The van der Waals surface area contributed by atoms with Gasteiger partial charge in [0, 0.05) is 0 Å². The molecule has 0 amide bonds. The Balaban J connectivity index is 1.11. The number of rotatable bonds is 6. The summed E-state index contributed by atoms with van der Waals surface area (Å²) in [4.78, 5) is 2.51.